The molecule has 2 aliphatic rings. The number of carbonyl (C=O) groups is 2. The third-order valence-electron chi connectivity index (χ3n) is 4.68. The van der Waals surface area contributed by atoms with E-state index < -0.39 is 0 Å². The molecular weight excluding hydrogens is 312 g/mol. The van der Waals surface area contributed by atoms with Gasteiger partial charge in [-0.15, -0.1) is 11.3 Å². The van der Waals surface area contributed by atoms with E-state index in [2.05, 4.69) is 15.3 Å². The molecular formula is C16H24N4O2S. The summed E-state index contributed by atoms with van der Waals surface area (Å²) in [5, 5.41) is 3.20. The fourth-order valence-electron chi connectivity index (χ4n) is 3.34. The highest BCUT2D eigenvalue weighted by atomic mass is 32.1. The largest absolute Gasteiger partial charge is 0.342 e. The Morgan fingerprint density at radius 3 is 2.65 bits per heavy atom. The molecule has 3 heterocycles. The molecule has 7 heteroatoms. The van der Waals surface area contributed by atoms with E-state index in [1.165, 1.54) is 0 Å². The van der Waals surface area contributed by atoms with Gasteiger partial charge in [-0.1, -0.05) is 0 Å². The predicted molar refractivity (Wildman–Crippen MR) is 89.1 cm³/mol. The number of likely N-dealkylation sites (tertiary alicyclic amines) is 1. The summed E-state index contributed by atoms with van der Waals surface area (Å²) in [6, 6.07) is 0. The Morgan fingerprint density at radius 1 is 1.35 bits per heavy atom. The molecule has 2 saturated heterocycles. The molecule has 126 valence electrons. The quantitative estimate of drug-likeness (QED) is 0.822. The van der Waals surface area contributed by atoms with Crippen LogP contribution in [-0.4, -0.2) is 70.8 Å². The monoisotopic (exact) mass is 336 g/mol. The van der Waals surface area contributed by atoms with Crippen LogP contribution in [0.3, 0.4) is 0 Å². The van der Waals surface area contributed by atoms with Gasteiger partial charge >= 0.3 is 0 Å². The number of piperazine rings is 1. The van der Waals surface area contributed by atoms with Gasteiger partial charge in [-0.25, -0.2) is 4.98 Å². The molecule has 0 aromatic carbocycles. The highest BCUT2D eigenvalue weighted by molar-refractivity contribution is 7.09. The maximum atomic E-state index is 12.6. The SMILES string of the molecule is CCN1C[C@@H](C(=O)N2CCN(Cc3csc(C)n3)CC2)CC1=O. The predicted octanol–water partition coefficient (Wildman–Crippen LogP) is 0.964. The highest BCUT2D eigenvalue weighted by Crippen LogP contribution is 2.21. The zero-order chi connectivity index (χ0) is 16.4. The topological polar surface area (TPSA) is 56.8 Å². The molecule has 1 atom stereocenters. The lowest BCUT2D eigenvalue weighted by atomic mass is 10.1. The molecule has 0 radical (unpaired) electrons. The second kappa shape index (κ2) is 6.97. The number of carbonyl (C=O) groups excluding carboxylic acids is 2. The minimum atomic E-state index is -0.143. The number of thiazole rings is 1. The van der Waals surface area contributed by atoms with E-state index in [0.29, 0.717) is 19.5 Å². The van der Waals surface area contributed by atoms with Gasteiger partial charge in [-0.2, -0.15) is 0 Å². The maximum Gasteiger partial charge on any atom is 0.228 e. The first kappa shape index (κ1) is 16.4. The van der Waals surface area contributed by atoms with Crippen molar-refractivity contribution >= 4 is 23.2 Å². The van der Waals surface area contributed by atoms with E-state index in [1.807, 2.05) is 18.7 Å². The van der Waals surface area contributed by atoms with Gasteiger partial charge < -0.3 is 9.80 Å². The minimum Gasteiger partial charge on any atom is -0.342 e. The smallest absolute Gasteiger partial charge is 0.228 e. The van der Waals surface area contributed by atoms with Crippen LogP contribution in [0.2, 0.25) is 0 Å². The van der Waals surface area contributed by atoms with Gasteiger partial charge in [0, 0.05) is 57.6 Å². The lowest BCUT2D eigenvalue weighted by Crippen LogP contribution is -2.50. The molecule has 0 saturated carbocycles. The molecule has 2 amide bonds. The fraction of sp³-hybridized carbons (Fsp3) is 0.688. The number of amides is 2. The van der Waals surface area contributed by atoms with Crippen LogP contribution < -0.4 is 0 Å². The van der Waals surface area contributed by atoms with Crippen molar-refractivity contribution in [2.45, 2.75) is 26.8 Å². The minimum absolute atomic E-state index is 0.114. The third-order valence-corrected chi connectivity index (χ3v) is 5.50. The first-order valence-electron chi connectivity index (χ1n) is 8.26. The summed E-state index contributed by atoms with van der Waals surface area (Å²) in [7, 11) is 0. The van der Waals surface area contributed by atoms with Crippen molar-refractivity contribution in [2.24, 2.45) is 5.92 Å². The third kappa shape index (κ3) is 3.72. The fourth-order valence-corrected chi connectivity index (χ4v) is 3.94. The average Bonchev–Trinajstić information content (AvgIpc) is 3.13. The van der Waals surface area contributed by atoms with Crippen LogP contribution in [0.25, 0.3) is 0 Å². The van der Waals surface area contributed by atoms with Crippen molar-refractivity contribution in [3.8, 4) is 0 Å². The Kier molecular flexibility index (Phi) is 4.96. The summed E-state index contributed by atoms with van der Waals surface area (Å²) >= 11 is 1.68. The van der Waals surface area contributed by atoms with Crippen molar-refractivity contribution in [1.82, 2.24) is 19.7 Å². The van der Waals surface area contributed by atoms with Gasteiger partial charge in [0.15, 0.2) is 0 Å². The molecule has 0 spiro atoms. The van der Waals surface area contributed by atoms with Gasteiger partial charge in [0.1, 0.15) is 0 Å². The standard InChI is InChI=1S/C16H24N4O2S/c1-3-19-9-13(8-15(19)21)16(22)20-6-4-18(5-7-20)10-14-11-23-12(2)17-14/h11,13H,3-10H2,1-2H3/t13-/m0/s1. The van der Waals surface area contributed by atoms with Crippen molar-refractivity contribution in [3.63, 3.8) is 0 Å². The number of aromatic nitrogens is 1. The zero-order valence-corrected chi connectivity index (χ0v) is 14.6. The van der Waals surface area contributed by atoms with Crippen LogP contribution in [-0.2, 0) is 16.1 Å². The van der Waals surface area contributed by atoms with E-state index in [4.69, 9.17) is 0 Å². The molecule has 0 N–H and O–H groups in total. The maximum absolute atomic E-state index is 12.6. The Bertz CT molecular complexity index is 580. The summed E-state index contributed by atoms with van der Waals surface area (Å²) in [4.78, 5) is 35.0. The number of rotatable bonds is 4. The van der Waals surface area contributed by atoms with E-state index in [0.717, 1.165) is 43.4 Å². The second-order valence-electron chi connectivity index (χ2n) is 6.29. The lowest BCUT2D eigenvalue weighted by molar-refractivity contribution is -0.137. The Balaban J connectivity index is 1.49. The highest BCUT2D eigenvalue weighted by Gasteiger charge is 2.36. The van der Waals surface area contributed by atoms with Crippen LogP contribution >= 0.6 is 11.3 Å². The van der Waals surface area contributed by atoms with Crippen LogP contribution in [0.15, 0.2) is 5.38 Å². The van der Waals surface area contributed by atoms with Crippen LogP contribution in [0.5, 0.6) is 0 Å². The first-order chi connectivity index (χ1) is 11.1. The summed E-state index contributed by atoms with van der Waals surface area (Å²) in [5.41, 5.74) is 1.12. The van der Waals surface area contributed by atoms with Crippen molar-refractivity contribution in [2.75, 3.05) is 39.3 Å². The van der Waals surface area contributed by atoms with Crippen molar-refractivity contribution in [1.29, 1.82) is 0 Å². The van der Waals surface area contributed by atoms with Crippen molar-refractivity contribution < 1.29 is 9.59 Å². The Labute approximate surface area is 141 Å². The van der Waals surface area contributed by atoms with Gasteiger partial charge in [0.2, 0.25) is 11.8 Å². The van der Waals surface area contributed by atoms with Gasteiger partial charge in [-0.3, -0.25) is 14.5 Å². The molecule has 0 aliphatic carbocycles. The molecule has 0 bridgehead atoms. The summed E-state index contributed by atoms with van der Waals surface area (Å²) < 4.78 is 0. The number of hydrogen-bond donors (Lipinski definition) is 0. The Morgan fingerprint density at radius 2 is 2.09 bits per heavy atom. The molecule has 0 unspecified atom stereocenters. The summed E-state index contributed by atoms with van der Waals surface area (Å²) in [5.74, 6) is 0.122. The molecule has 1 aromatic rings. The van der Waals surface area contributed by atoms with Gasteiger partial charge in [-0.05, 0) is 13.8 Å². The zero-order valence-electron chi connectivity index (χ0n) is 13.8. The summed E-state index contributed by atoms with van der Waals surface area (Å²) in [6.07, 6.45) is 0.380. The van der Waals surface area contributed by atoms with Gasteiger partial charge in [0.25, 0.3) is 0 Å². The average molecular weight is 336 g/mol. The molecule has 2 aliphatic heterocycles. The van der Waals surface area contributed by atoms with E-state index in [-0.39, 0.29) is 17.7 Å². The number of nitrogens with zero attached hydrogens (tertiary/aromatic N) is 4. The second-order valence-corrected chi connectivity index (χ2v) is 7.35. The molecule has 2 fully saturated rings. The first-order valence-corrected chi connectivity index (χ1v) is 9.14. The van der Waals surface area contributed by atoms with E-state index in [1.54, 1.807) is 16.2 Å². The molecule has 1 aromatic heterocycles. The Hall–Kier alpha value is -1.47. The normalized spacial score (nSPS) is 22.9. The van der Waals surface area contributed by atoms with Crippen LogP contribution in [0, 0.1) is 12.8 Å². The summed E-state index contributed by atoms with van der Waals surface area (Å²) in [6.45, 7) is 9.38. The molecule has 3 rings (SSSR count). The van der Waals surface area contributed by atoms with E-state index in [9.17, 15) is 9.59 Å². The van der Waals surface area contributed by atoms with Crippen molar-refractivity contribution in [3.05, 3.63) is 16.1 Å². The van der Waals surface area contributed by atoms with E-state index >= 15 is 0 Å². The lowest BCUT2D eigenvalue weighted by Gasteiger charge is -2.35. The number of hydrogen-bond acceptors (Lipinski definition) is 5. The number of aryl methyl sites for hydroxylation is 1. The van der Waals surface area contributed by atoms with Crippen LogP contribution in [0.4, 0.5) is 0 Å². The molecule has 23 heavy (non-hydrogen) atoms. The van der Waals surface area contributed by atoms with Gasteiger partial charge in [0.05, 0.1) is 16.6 Å². The van der Waals surface area contributed by atoms with Crippen LogP contribution in [0.1, 0.15) is 24.0 Å². The molecule has 6 nitrogen and oxygen atoms in total.